The Morgan fingerprint density at radius 1 is 1.09 bits per heavy atom. The SMILES string of the molecule is Cc1ccc(N=C(N)N/N=C2\CCSc3ccc(C)cc32)cc1. The minimum Gasteiger partial charge on any atom is -0.368 e. The summed E-state index contributed by atoms with van der Waals surface area (Å²) in [4.78, 5) is 5.60. The van der Waals surface area contributed by atoms with E-state index in [1.54, 1.807) is 0 Å². The number of fused-ring (bicyclic) bond motifs is 1. The lowest BCUT2D eigenvalue weighted by Gasteiger charge is -2.17. The van der Waals surface area contributed by atoms with Crippen LogP contribution in [0.1, 0.15) is 23.1 Å². The molecule has 0 amide bonds. The molecule has 0 aromatic heterocycles. The van der Waals surface area contributed by atoms with Crippen molar-refractivity contribution in [3.63, 3.8) is 0 Å². The van der Waals surface area contributed by atoms with Gasteiger partial charge in [0.25, 0.3) is 0 Å². The standard InChI is InChI=1S/C18H20N4S/c1-12-3-6-14(7-4-12)20-18(19)22-21-16-9-10-23-17-8-5-13(2)11-15(16)17/h3-8,11H,9-10H2,1-2H3,(H3,19,20,22)/b21-16+. The average molecular weight is 324 g/mol. The smallest absolute Gasteiger partial charge is 0.214 e. The van der Waals surface area contributed by atoms with Crippen LogP contribution in [0.2, 0.25) is 0 Å². The molecular formula is C18H20N4S. The first kappa shape index (κ1) is 15.6. The second-order valence-corrected chi connectivity index (χ2v) is 6.74. The van der Waals surface area contributed by atoms with Gasteiger partial charge in [-0.1, -0.05) is 29.3 Å². The van der Waals surface area contributed by atoms with E-state index in [9.17, 15) is 0 Å². The molecule has 0 fully saturated rings. The Morgan fingerprint density at radius 3 is 2.61 bits per heavy atom. The summed E-state index contributed by atoms with van der Waals surface area (Å²) in [5.41, 5.74) is 14.3. The van der Waals surface area contributed by atoms with E-state index in [0.717, 1.165) is 23.6 Å². The fraction of sp³-hybridized carbons (Fsp3) is 0.222. The summed E-state index contributed by atoms with van der Waals surface area (Å²) in [6.45, 7) is 4.14. The molecule has 1 aliphatic heterocycles. The van der Waals surface area contributed by atoms with E-state index in [1.807, 2.05) is 43.0 Å². The van der Waals surface area contributed by atoms with Gasteiger partial charge in [-0.15, -0.1) is 11.8 Å². The van der Waals surface area contributed by atoms with Gasteiger partial charge in [0.2, 0.25) is 5.96 Å². The van der Waals surface area contributed by atoms with Crippen LogP contribution in [0.3, 0.4) is 0 Å². The van der Waals surface area contributed by atoms with Crippen molar-refractivity contribution in [2.75, 3.05) is 5.75 Å². The van der Waals surface area contributed by atoms with Crippen LogP contribution >= 0.6 is 11.8 Å². The second-order valence-electron chi connectivity index (χ2n) is 5.60. The van der Waals surface area contributed by atoms with E-state index in [1.165, 1.54) is 21.6 Å². The summed E-state index contributed by atoms with van der Waals surface area (Å²) in [5.74, 6) is 1.33. The number of thioether (sulfide) groups is 1. The zero-order valence-electron chi connectivity index (χ0n) is 13.3. The van der Waals surface area contributed by atoms with E-state index in [-0.39, 0.29) is 0 Å². The molecule has 1 aliphatic rings. The second kappa shape index (κ2) is 6.87. The molecule has 3 N–H and O–H groups in total. The first-order valence-electron chi connectivity index (χ1n) is 7.59. The number of hydrogen-bond donors (Lipinski definition) is 2. The van der Waals surface area contributed by atoms with Crippen LogP contribution in [-0.4, -0.2) is 17.4 Å². The molecule has 2 aromatic rings. The number of aryl methyl sites for hydroxylation is 2. The molecule has 1 heterocycles. The topological polar surface area (TPSA) is 62.8 Å². The molecule has 0 unspecified atom stereocenters. The minimum atomic E-state index is 0.300. The number of aliphatic imine (C=N–C) groups is 1. The predicted octanol–water partition coefficient (Wildman–Crippen LogP) is 3.74. The highest BCUT2D eigenvalue weighted by Gasteiger charge is 2.16. The molecule has 4 nitrogen and oxygen atoms in total. The molecule has 5 heteroatoms. The molecular weight excluding hydrogens is 304 g/mol. The number of nitrogens with one attached hydrogen (secondary N) is 1. The van der Waals surface area contributed by atoms with Crippen LogP contribution in [0, 0.1) is 13.8 Å². The van der Waals surface area contributed by atoms with E-state index in [2.05, 4.69) is 40.6 Å². The number of benzene rings is 2. The molecule has 0 saturated carbocycles. The van der Waals surface area contributed by atoms with E-state index < -0.39 is 0 Å². The molecule has 0 bridgehead atoms. The first-order chi connectivity index (χ1) is 11.1. The van der Waals surface area contributed by atoms with E-state index in [0.29, 0.717) is 5.96 Å². The van der Waals surface area contributed by atoms with E-state index in [4.69, 9.17) is 5.73 Å². The van der Waals surface area contributed by atoms with Gasteiger partial charge >= 0.3 is 0 Å². The summed E-state index contributed by atoms with van der Waals surface area (Å²) < 4.78 is 0. The lowest BCUT2D eigenvalue weighted by molar-refractivity contribution is 0.986. The Kier molecular flexibility index (Phi) is 4.67. The maximum atomic E-state index is 5.94. The van der Waals surface area contributed by atoms with Crippen molar-refractivity contribution >= 4 is 29.1 Å². The number of nitrogens with two attached hydrogens (primary N) is 1. The predicted molar refractivity (Wildman–Crippen MR) is 98.7 cm³/mol. The van der Waals surface area contributed by atoms with Gasteiger partial charge in [-0.3, -0.25) is 0 Å². The van der Waals surface area contributed by atoms with Crippen LogP contribution < -0.4 is 11.2 Å². The zero-order valence-corrected chi connectivity index (χ0v) is 14.2. The molecule has 118 valence electrons. The highest BCUT2D eigenvalue weighted by molar-refractivity contribution is 7.99. The van der Waals surface area contributed by atoms with Crippen LogP contribution in [0.4, 0.5) is 5.69 Å². The summed E-state index contributed by atoms with van der Waals surface area (Å²) in [6, 6.07) is 14.4. The molecule has 0 radical (unpaired) electrons. The average Bonchev–Trinajstić information content (AvgIpc) is 2.55. The van der Waals surface area contributed by atoms with Crippen molar-refractivity contribution in [2.45, 2.75) is 25.2 Å². The maximum Gasteiger partial charge on any atom is 0.214 e. The highest BCUT2D eigenvalue weighted by atomic mass is 32.2. The minimum absolute atomic E-state index is 0.300. The van der Waals surface area contributed by atoms with Crippen LogP contribution in [0.5, 0.6) is 0 Å². The van der Waals surface area contributed by atoms with Crippen LogP contribution in [0.15, 0.2) is 57.5 Å². The summed E-state index contributed by atoms with van der Waals surface area (Å²) >= 11 is 1.87. The van der Waals surface area contributed by atoms with Crippen molar-refractivity contribution in [1.82, 2.24) is 5.43 Å². The Labute approximate surface area is 140 Å². The van der Waals surface area contributed by atoms with Crippen molar-refractivity contribution in [1.29, 1.82) is 0 Å². The highest BCUT2D eigenvalue weighted by Crippen LogP contribution is 2.30. The molecule has 0 atom stereocenters. The number of rotatable bonds is 2. The van der Waals surface area contributed by atoms with Gasteiger partial charge in [0.05, 0.1) is 11.4 Å². The number of hydrogen-bond acceptors (Lipinski definition) is 3. The quantitative estimate of drug-likeness (QED) is 0.502. The lowest BCUT2D eigenvalue weighted by atomic mass is 10.1. The summed E-state index contributed by atoms with van der Waals surface area (Å²) in [7, 11) is 0. The summed E-state index contributed by atoms with van der Waals surface area (Å²) in [6.07, 6.45) is 0.923. The largest absolute Gasteiger partial charge is 0.368 e. The number of hydrazone groups is 1. The Balaban J connectivity index is 1.78. The Hall–Kier alpha value is -2.27. The van der Waals surface area contributed by atoms with E-state index >= 15 is 0 Å². The van der Waals surface area contributed by atoms with Crippen molar-refractivity contribution in [2.24, 2.45) is 15.8 Å². The van der Waals surface area contributed by atoms with Crippen molar-refractivity contribution < 1.29 is 0 Å². The third-order valence-corrected chi connectivity index (χ3v) is 4.71. The van der Waals surface area contributed by atoms with Gasteiger partial charge in [-0.2, -0.15) is 5.10 Å². The van der Waals surface area contributed by atoms with Gasteiger partial charge in [0, 0.05) is 22.6 Å². The Morgan fingerprint density at radius 2 is 1.83 bits per heavy atom. The third-order valence-electron chi connectivity index (χ3n) is 3.63. The lowest BCUT2D eigenvalue weighted by Crippen LogP contribution is -2.28. The van der Waals surface area contributed by atoms with Crippen LogP contribution in [-0.2, 0) is 0 Å². The van der Waals surface area contributed by atoms with Gasteiger partial charge < -0.3 is 5.73 Å². The molecule has 2 aromatic carbocycles. The fourth-order valence-corrected chi connectivity index (χ4v) is 3.42. The van der Waals surface area contributed by atoms with Crippen LogP contribution in [0.25, 0.3) is 0 Å². The summed E-state index contributed by atoms with van der Waals surface area (Å²) in [5, 5.41) is 4.48. The van der Waals surface area contributed by atoms with Gasteiger partial charge in [-0.25, -0.2) is 10.4 Å². The first-order valence-corrected chi connectivity index (χ1v) is 8.57. The zero-order chi connectivity index (χ0) is 16.2. The normalized spacial score (nSPS) is 16.3. The van der Waals surface area contributed by atoms with Crippen molar-refractivity contribution in [3.8, 4) is 0 Å². The van der Waals surface area contributed by atoms with Gasteiger partial charge in [0.1, 0.15) is 0 Å². The number of nitrogens with zero attached hydrogens (tertiary/aromatic N) is 2. The third kappa shape index (κ3) is 3.93. The van der Waals surface area contributed by atoms with Gasteiger partial charge in [0.15, 0.2) is 0 Å². The molecule has 0 saturated heterocycles. The monoisotopic (exact) mass is 324 g/mol. The molecule has 3 rings (SSSR count). The molecule has 23 heavy (non-hydrogen) atoms. The number of guanidine groups is 1. The van der Waals surface area contributed by atoms with Gasteiger partial charge in [-0.05, 0) is 38.1 Å². The fourth-order valence-electron chi connectivity index (χ4n) is 2.41. The maximum absolute atomic E-state index is 5.94. The molecule has 0 spiro atoms. The van der Waals surface area contributed by atoms with Crippen molar-refractivity contribution in [3.05, 3.63) is 59.2 Å². The molecule has 0 aliphatic carbocycles. The Bertz CT molecular complexity index is 763.